The van der Waals surface area contributed by atoms with Crippen LogP contribution in [0.3, 0.4) is 0 Å². The van der Waals surface area contributed by atoms with E-state index in [0.717, 1.165) is 29.6 Å². The number of fused-ring (bicyclic) bond motifs is 2. The van der Waals surface area contributed by atoms with E-state index in [4.69, 9.17) is 0 Å². The van der Waals surface area contributed by atoms with Gasteiger partial charge in [-0.3, -0.25) is 0 Å². The van der Waals surface area contributed by atoms with Gasteiger partial charge >= 0.3 is 0 Å². The Labute approximate surface area is 206 Å². The van der Waals surface area contributed by atoms with Crippen molar-refractivity contribution in [2.45, 2.75) is 148 Å². The van der Waals surface area contributed by atoms with Crippen molar-refractivity contribution in [3.05, 3.63) is 34.9 Å². The first-order chi connectivity index (χ1) is 16.3. The van der Waals surface area contributed by atoms with Crippen LogP contribution in [-0.4, -0.2) is 0 Å². The molecular formula is C33H54. The molecule has 0 nitrogen and oxygen atoms in total. The Kier molecular flexibility index (Phi) is 10.2. The second kappa shape index (κ2) is 13.3. The van der Waals surface area contributed by atoms with E-state index in [1.54, 1.807) is 23.1 Å². The van der Waals surface area contributed by atoms with Gasteiger partial charge in [-0.2, -0.15) is 0 Å². The number of hydrogen-bond donors (Lipinski definition) is 0. The van der Waals surface area contributed by atoms with Gasteiger partial charge in [0, 0.05) is 0 Å². The van der Waals surface area contributed by atoms with Crippen molar-refractivity contribution >= 4 is 0 Å². The van der Waals surface area contributed by atoms with E-state index >= 15 is 0 Å². The van der Waals surface area contributed by atoms with Gasteiger partial charge in [0.1, 0.15) is 0 Å². The molecule has 2 fully saturated rings. The second-order valence-corrected chi connectivity index (χ2v) is 12.4. The Bertz CT molecular complexity index is 687. The molecule has 0 heteroatoms. The van der Waals surface area contributed by atoms with Crippen molar-refractivity contribution in [2.24, 2.45) is 23.7 Å². The molecular weight excluding hydrogens is 396 g/mol. The summed E-state index contributed by atoms with van der Waals surface area (Å²) >= 11 is 0. The van der Waals surface area contributed by atoms with Crippen LogP contribution in [0.5, 0.6) is 0 Å². The van der Waals surface area contributed by atoms with Gasteiger partial charge in [-0.15, -0.1) is 0 Å². The Morgan fingerprint density at radius 2 is 1.33 bits per heavy atom. The highest BCUT2D eigenvalue weighted by atomic mass is 14.4. The van der Waals surface area contributed by atoms with Gasteiger partial charge in [-0.05, 0) is 97.6 Å². The summed E-state index contributed by atoms with van der Waals surface area (Å²) in [6.45, 7) is 4.65. The molecule has 5 unspecified atom stereocenters. The summed E-state index contributed by atoms with van der Waals surface area (Å²) in [4.78, 5) is 0. The van der Waals surface area contributed by atoms with E-state index in [0.29, 0.717) is 0 Å². The average molecular weight is 451 g/mol. The molecule has 5 atom stereocenters. The average Bonchev–Trinajstić information content (AvgIpc) is 2.86. The Morgan fingerprint density at radius 3 is 2.15 bits per heavy atom. The van der Waals surface area contributed by atoms with Crippen LogP contribution in [0.4, 0.5) is 0 Å². The Hall–Kier alpha value is -0.780. The Balaban J connectivity index is 1.22. The topological polar surface area (TPSA) is 0 Å². The number of unbranched alkanes of at least 4 members (excludes halogenated alkanes) is 7. The zero-order valence-corrected chi connectivity index (χ0v) is 22.3. The lowest BCUT2D eigenvalue weighted by atomic mass is 9.63. The predicted molar refractivity (Wildman–Crippen MR) is 145 cm³/mol. The fourth-order valence-corrected chi connectivity index (χ4v) is 7.80. The molecule has 1 aromatic carbocycles. The molecule has 0 aliphatic heterocycles. The third-order valence-electron chi connectivity index (χ3n) is 9.94. The van der Waals surface area contributed by atoms with Crippen LogP contribution >= 0.6 is 0 Å². The largest absolute Gasteiger partial charge is 0.0654 e. The van der Waals surface area contributed by atoms with Gasteiger partial charge in [-0.25, -0.2) is 0 Å². The molecule has 1 aromatic rings. The lowest BCUT2D eigenvalue weighted by molar-refractivity contribution is 0.113. The number of hydrogen-bond acceptors (Lipinski definition) is 0. The van der Waals surface area contributed by atoms with Gasteiger partial charge in [0.15, 0.2) is 0 Å². The van der Waals surface area contributed by atoms with Crippen molar-refractivity contribution in [3.63, 3.8) is 0 Å². The first-order valence-corrected chi connectivity index (χ1v) is 15.4. The maximum absolute atomic E-state index is 2.66. The minimum atomic E-state index is 0.855. The monoisotopic (exact) mass is 450 g/mol. The summed E-state index contributed by atoms with van der Waals surface area (Å²) in [6.07, 6.45) is 29.2. The lowest BCUT2D eigenvalue weighted by Crippen LogP contribution is -2.30. The van der Waals surface area contributed by atoms with Crippen molar-refractivity contribution < 1.29 is 0 Å². The minimum absolute atomic E-state index is 0.855. The van der Waals surface area contributed by atoms with Crippen LogP contribution < -0.4 is 0 Å². The van der Waals surface area contributed by atoms with Crippen LogP contribution in [0.2, 0.25) is 0 Å². The van der Waals surface area contributed by atoms with Crippen LogP contribution in [0, 0.1) is 23.7 Å². The SMILES string of the molecule is CCCCCCCC1CCC2CC(c3ccc4c(c3)CCC(CCCCCC)C4)CCC2C1. The number of benzene rings is 1. The molecule has 0 amide bonds. The highest BCUT2D eigenvalue weighted by Crippen LogP contribution is 2.48. The number of rotatable bonds is 12. The predicted octanol–water partition coefficient (Wildman–Crippen LogP) is 10.4. The molecule has 0 saturated heterocycles. The van der Waals surface area contributed by atoms with Crippen LogP contribution in [0.15, 0.2) is 18.2 Å². The van der Waals surface area contributed by atoms with Gasteiger partial charge in [0.2, 0.25) is 0 Å². The van der Waals surface area contributed by atoms with Crippen LogP contribution in [0.25, 0.3) is 0 Å². The molecule has 0 aromatic heterocycles. The summed E-state index contributed by atoms with van der Waals surface area (Å²) in [7, 11) is 0. The van der Waals surface area contributed by atoms with Crippen molar-refractivity contribution in [2.75, 3.05) is 0 Å². The number of aryl methyl sites for hydroxylation is 1. The fourth-order valence-electron chi connectivity index (χ4n) is 7.80. The van der Waals surface area contributed by atoms with Gasteiger partial charge < -0.3 is 0 Å². The second-order valence-electron chi connectivity index (χ2n) is 12.4. The van der Waals surface area contributed by atoms with Crippen molar-refractivity contribution in [1.82, 2.24) is 0 Å². The van der Waals surface area contributed by atoms with Crippen molar-refractivity contribution in [1.29, 1.82) is 0 Å². The van der Waals surface area contributed by atoms with Gasteiger partial charge in [-0.1, -0.05) is 109 Å². The highest BCUT2D eigenvalue weighted by Gasteiger charge is 2.36. The molecule has 0 bridgehead atoms. The molecule has 3 aliphatic rings. The molecule has 2 saturated carbocycles. The zero-order valence-electron chi connectivity index (χ0n) is 22.3. The third-order valence-corrected chi connectivity index (χ3v) is 9.94. The summed E-state index contributed by atoms with van der Waals surface area (Å²) in [5, 5.41) is 0. The quantitative estimate of drug-likeness (QED) is 0.278. The van der Waals surface area contributed by atoms with E-state index in [1.165, 1.54) is 122 Å². The maximum Gasteiger partial charge on any atom is -0.0159 e. The van der Waals surface area contributed by atoms with Gasteiger partial charge in [0.05, 0.1) is 0 Å². The standard InChI is InChI=1S/C33H54/c1-3-5-7-9-11-13-27-15-17-31-25-33(21-19-29(31)23-27)32-20-18-28-22-26(12-10-8-6-4-2)14-16-30(28)24-32/h18,20,24,26-27,29,31,33H,3-17,19,21-23,25H2,1-2H3. The highest BCUT2D eigenvalue weighted by molar-refractivity contribution is 5.36. The molecule has 186 valence electrons. The first-order valence-electron chi connectivity index (χ1n) is 15.4. The third kappa shape index (κ3) is 7.35. The summed E-state index contributed by atoms with van der Waals surface area (Å²) in [5.41, 5.74) is 5.11. The van der Waals surface area contributed by atoms with E-state index < -0.39 is 0 Å². The minimum Gasteiger partial charge on any atom is -0.0654 e. The summed E-state index contributed by atoms with van der Waals surface area (Å²) in [6, 6.07) is 7.76. The molecule has 0 spiro atoms. The first kappa shape index (κ1) is 25.3. The van der Waals surface area contributed by atoms with Crippen LogP contribution in [-0.2, 0) is 12.8 Å². The fraction of sp³-hybridized carbons (Fsp3) is 0.818. The van der Waals surface area contributed by atoms with Crippen LogP contribution in [0.1, 0.15) is 152 Å². The molecule has 33 heavy (non-hydrogen) atoms. The zero-order chi connectivity index (χ0) is 22.9. The van der Waals surface area contributed by atoms with E-state index in [1.807, 2.05) is 0 Å². The smallest absolute Gasteiger partial charge is 0.0159 e. The van der Waals surface area contributed by atoms with E-state index in [9.17, 15) is 0 Å². The molecule has 4 rings (SSSR count). The van der Waals surface area contributed by atoms with E-state index in [2.05, 4.69) is 32.0 Å². The molecule has 3 aliphatic carbocycles. The lowest BCUT2D eigenvalue weighted by Gasteiger charge is -2.42. The molecule has 0 radical (unpaired) electrons. The maximum atomic E-state index is 2.66. The summed E-state index contributed by atoms with van der Waals surface area (Å²) < 4.78 is 0. The van der Waals surface area contributed by atoms with E-state index in [-0.39, 0.29) is 0 Å². The summed E-state index contributed by atoms with van der Waals surface area (Å²) in [5.74, 6) is 4.96. The Morgan fingerprint density at radius 1 is 0.636 bits per heavy atom. The molecule has 0 heterocycles. The molecule has 0 N–H and O–H groups in total. The van der Waals surface area contributed by atoms with Crippen molar-refractivity contribution in [3.8, 4) is 0 Å². The normalized spacial score (nSPS) is 29.5. The van der Waals surface area contributed by atoms with Gasteiger partial charge in [0.25, 0.3) is 0 Å².